The molecule has 0 aliphatic rings. The molecule has 1 amide bonds. The van der Waals surface area contributed by atoms with E-state index in [-0.39, 0.29) is 17.0 Å². The molecule has 3 aromatic carbocycles. The molecular weight excluding hydrogens is 416 g/mol. The van der Waals surface area contributed by atoms with Crippen LogP contribution in [0.4, 0.5) is 11.4 Å². The van der Waals surface area contributed by atoms with Gasteiger partial charge in [-0.25, -0.2) is 4.99 Å². The third kappa shape index (κ3) is 4.70. The normalized spacial score (nSPS) is 11.4. The van der Waals surface area contributed by atoms with Crippen molar-refractivity contribution in [1.82, 2.24) is 0 Å². The number of benzene rings is 3. The van der Waals surface area contributed by atoms with Crippen molar-refractivity contribution in [3.63, 3.8) is 0 Å². The Hall–Kier alpha value is -3.77. The Morgan fingerprint density at radius 3 is 2.45 bits per heavy atom. The van der Waals surface area contributed by atoms with Gasteiger partial charge in [0.05, 0.1) is 19.9 Å². The lowest BCUT2D eigenvalue weighted by Gasteiger charge is -2.08. The Kier molecular flexibility index (Phi) is 5.91. The van der Waals surface area contributed by atoms with E-state index in [1.807, 2.05) is 0 Å². The second kappa shape index (κ2) is 8.93. The van der Waals surface area contributed by atoms with E-state index >= 15 is 0 Å². The van der Waals surface area contributed by atoms with Crippen molar-refractivity contribution in [2.75, 3.05) is 19.5 Å². The summed E-state index contributed by atoms with van der Waals surface area (Å²) >= 11 is 6.12. The van der Waals surface area contributed by atoms with Gasteiger partial charge in [-0.3, -0.25) is 4.79 Å². The highest BCUT2D eigenvalue weighted by Gasteiger charge is 2.14. The fourth-order valence-corrected chi connectivity index (χ4v) is 3.20. The summed E-state index contributed by atoms with van der Waals surface area (Å²) in [6.45, 7) is 0. The predicted octanol–water partition coefficient (Wildman–Crippen LogP) is 5.59. The molecule has 0 aliphatic heterocycles. The minimum absolute atomic E-state index is 0.181. The molecule has 0 saturated carbocycles. The number of rotatable bonds is 5. The molecule has 0 radical (unpaired) electrons. The van der Waals surface area contributed by atoms with Gasteiger partial charge >= 0.3 is 0 Å². The van der Waals surface area contributed by atoms with Gasteiger partial charge in [-0.05, 0) is 60.7 Å². The van der Waals surface area contributed by atoms with Gasteiger partial charge in [-0.15, -0.1) is 0 Å². The number of fused-ring (bicyclic) bond motifs is 1. The summed E-state index contributed by atoms with van der Waals surface area (Å²) in [6.07, 6.45) is 0. The molecule has 1 N–H and O–H groups in total. The van der Waals surface area contributed by atoms with Gasteiger partial charge in [0.2, 0.25) is 5.55 Å². The van der Waals surface area contributed by atoms with Crippen LogP contribution in [0, 0.1) is 0 Å². The summed E-state index contributed by atoms with van der Waals surface area (Å²) in [5.74, 6) is 0.974. The summed E-state index contributed by atoms with van der Waals surface area (Å²) in [5.41, 5.74) is 2.22. The maximum atomic E-state index is 13.1. The molecule has 31 heavy (non-hydrogen) atoms. The first-order chi connectivity index (χ1) is 15.1. The standard InChI is InChI=1S/C24H19ClN2O4/c1-29-19-9-7-17(8-10-19)27-24-21(13-15-12-16(25)6-11-22(15)31-24)23(28)26-18-4-3-5-20(14-18)30-2/h3-14H,1-2H3,(H,26,28). The Morgan fingerprint density at radius 1 is 0.935 bits per heavy atom. The number of nitrogens with one attached hydrogen (secondary N) is 1. The van der Waals surface area contributed by atoms with Crippen LogP contribution in [0.1, 0.15) is 10.4 Å². The molecule has 0 spiro atoms. The van der Waals surface area contributed by atoms with Crippen LogP contribution in [-0.2, 0) is 0 Å². The number of anilines is 1. The van der Waals surface area contributed by atoms with Gasteiger partial charge in [-0.1, -0.05) is 17.7 Å². The maximum Gasteiger partial charge on any atom is 0.261 e. The fourth-order valence-electron chi connectivity index (χ4n) is 3.02. The maximum absolute atomic E-state index is 13.1. The Balaban J connectivity index is 1.81. The van der Waals surface area contributed by atoms with E-state index in [1.165, 1.54) is 0 Å². The average Bonchev–Trinajstić information content (AvgIpc) is 2.79. The molecule has 0 unspecified atom stereocenters. The molecule has 1 aromatic heterocycles. The highest BCUT2D eigenvalue weighted by Crippen LogP contribution is 2.22. The highest BCUT2D eigenvalue weighted by molar-refractivity contribution is 6.31. The van der Waals surface area contributed by atoms with Gasteiger partial charge in [0, 0.05) is 22.2 Å². The molecule has 4 rings (SSSR count). The van der Waals surface area contributed by atoms with E-state index in [1.54, 1.807) is 87.0 Å². The lowest BCUT2D eigenvalue weighted by Crippen LogP contribution is -2.21. The summed E-state index contributed by atoms with van der Waals surface area (Å²) in [6, 6.07) is 21.1. The number of carbonyl (C=O) groups excluding carboxylic acids is 1. The van der Waals surface area contributed by atoms with Crippen molar-refractivity contribution in [2.24, 2.45) is 4.99 Å². The van der Waals surface area contributed by atoms with E-state index in [9.17, 15) is 4.79 Å². The van der Waals surface area contributed by atoms with E-state index in [4.69, 9.17) is 25.5 Å². The van der Waals surface area contributed by atoms with E-state index in [0.29, 0.717) is 38.9 Å². The van der Waals surface area contributed by atoms with Crippen LogP contribution < -0.4 is 20.3 Å². The molecule has 0 fully saturated rings. The Bertz CT molecular complexity index is 1310. The van der Waals surface area contributed by atoms with Gasteiger partial charge in [0.15, 0.2) is 0 Å². The molecule has 1 heterocycles. The summed E-state index contributed by atoms with van der Waals surface area (Å²) in [5, 5.41) is 4.10. The van der Waals surface area contributed by atoms with E-state index in [0.717, 1.165) is 0 Å². The van der Waals surface area contributed by atoms with Crippen LogP contribution in [0.3, 0.4) is 0 Å². The largest absolute Gasteiger partial charge is 0.497 e. The summed E-state index contributed by atoms with van der Waals surface area (Å²) in [7, 11) is 3.16. The number of methoxy groups -OCH3 is 2. The average molecular weight is 435 g/mol. The third-order valence-corrected chi connectivity index (χ3v) is 4.82. The van der Waals surface area contributed by atoms with Crippen molar-refractivity contribution < 1.29 is 18.7 Å². The molecule has 7 heteroatoms. The second-order valence-corrected chi connectivity index (χ2v) is 7.08. The predicted molar refractivity (Wildman–Crippen MR) is 120 cm³/mol. The SMILES string of the molecule is COc1ccc(N=c2oc3ccc(Cl)cc3cc2C(=O)Nc2cccc(OC)c2)cc1. The van der Waals surface area contributed by atoms with Crippen molar-refractivity contribution in [1.29, 1.82) is 0 Å². The van der Waals surface area contributed by atoms with Crippen molar-refractivity contribution in [2.45, 2.75) is 0 Å². The van der Waals surface area contributed by atoms with E-state index < -0.39 is 0 Å². The molecule has 156 valence electrons. The summed E-state index contributed by atoms with van der Waals surface area (Å²) in [4.78, 5) is 17.7. The molecule has 6 nitrogen and oxygen atoms in total. The zero-order valence-electron chi connectivity index (χ0n) is 16.9. The molecular formula is C24H19ClN2O4. The number of amides is 1. The van der Waals surface area contributed by atoms with Gasteiger partial charge in [-0.2, -0.15) is 0 Å². The first-order valence-electron chi connectivity index (χ1n) is 9.43. The number of nitrogens with zero attached hydrogens (tertiary/aromatic N) is 1. The zero-order chi connectivity index (χ0) is 21.8. The number of hydrogen-bond donors (Lipinski definition) is 1. The Labute approximate surface area is 183 Å². The smallest absolute Gasteiger partial charge is 0.261 e. The quantitative estimate of drug-likeness (QED) is 0.444. The van der Waals surface area contributed by atoms with Crippen LogP contribution in [0.5, 0.6) is 11.5 Å². The lowest BCUT2D eigenvalue weighted by molar-refractivity contribution is 0.102. The second-order valence-electron chi connectivity index (χ2n) is 6.64. The number of halogens is 1. The topological polar surface area (TPSA) is 73.1 Å². The van der Waals surface area contributed by atoms with Crippen LogP contribution in [0.15, 0.2) is 82.2 Å². The van der Waals surface area contributed by atoms with Crippen molar-refractivity contribution in [3.05, 3.63) is 88.9 Å². The van der Waals surface area contributed by atoms with Crippen molar-refractivity contribution >= 4 is 39.9 Å². The van der Waals surface area contributed by atoms with E-state index in [2.05, 4.69) is 10.3 Å². The monoisotopic (exact) mass is 434 g/mol. The first kappa shape index (κ1) is 20.5. The van der Waals surface area contributed by atoms with Crippen LogP contribution in [-0.4, -0.2) is 20.1 Å². The van der Waals surface area contributed by atoms with Crippen LogP contribution >= 0.6 is 11.6 Å². The molecule has 0 saturated heterocycles. The number of hydrogen-bond acceptors (Lipinski definition) is 5. The third-order valence-electron chi connectivity index (χ3n) is 4.58. The highest BCUT2D eigenvalue weighted by atomic mass is 35.5. The molecule has 0 bridgehead atoms. The zero-order valence-corrected chi connectivity index (χ0v) is 17.6. The molecule has 0 atom stereocenters. The minimum atomic E-state index is -0.369. The fraction of sp³-hybridized carbons (Fsp3) is 0.0833. The number of carbonyl (C=O) groups is 1. The van der Waals surface area contributed by atoms with Crippen LogP contribution in [0.2, 0.25) is 5.02 Å². The van der Waals surface area contributed by atoms with Crippen molar-refractivity contribution in [3.8, 4) is 11.5 Å². The van der Waals surface area contributed by atoms with Gasteiger partial charge in [0.25, 0.3) is 5.91 Å². The summed E-state index contributed by atoms with van der Waals surface area (Å²) < 4.78 is 16.4. The van der Waals surface area contributed by atoms with Gasteiger partial charge in [0.1, 0.15) is 22.6 Å². The van der Waals surface area contributed by atoms with Gasteiger partial charge < -0.3 is 19.2 Å². The molecule has 0 aliphatic carbocycles. The number of ether oxygens (including phenoxy) is 2. The minimum Gasteiger partial charge on any atom is -0.497 e. The first-order valence-corrected chi connectivity index (χ1v) is 9.81. The molecule has 4 aromatic rings. The Morgan fingerprint density at radius 2 is 1.71 bits per heavy atom. The van der Waals surface area contributed by atoms with Crippen LogP contribution in [0.25, 0.3) is 11.0 Å². The lowest BCUT2D eigenvalue weighted by atomic mass is 10.1.